The van der Waals surface area contributed by atoms with E-state index in [0.717, 1.165) is 45.3 Å². The van der Waals surface area contributed by atoms with E-state index < -0.39 is 0 Å². The highest BCUT2D eigenvalue weighted by atomic mass is 79.9. The molecule has 4 aromatic rings. The fourth-order valence-electron chi connectivity index (χ4n) is 3.57. The Morgan fingerprint density at radius 2 is 2.03 bits per heavy atom. The van der Waals surface area contributed by atoms with Gasteiger partial charge in [-0.2, -0.15) is 10.4 Å². The molecule has 5 nitrogen and oxygen atoms in total. The molecule has 1 fully saturated rings. The minimum atomic E-state index is -0.314. The molecule has 1 aliphatic carbocycles. The van der Waals surface area contributed by atoms with E-state index in [-0.39, 0.29) is 5.82 Å². The Morgan fingerprint density at radius 3 is 2.70 bits per heavy atom. The highest BCUT2D eigenvalue weighted by Gasteiger charge is 2.33. The van der Waals surface area contributed by atoms with Gasteiger partial charge in [0.25, 0.3) is 0 Å². The number of pyridine rings is 1. The smallest absolute Gasteiger partial charge is 0.191 e. The largest absolute Gasteiger partial charge is 0.317 e. The summed E-state index contributed by atoms with van der Waals surface area (Å²) >= 11 is 4.97. The molecule has 1 aromatic carbocycles. The molecule has 0 atom stereocenters. The molecule has 0 spiro atoms. The van der Waals surface area contributed by atoms with Crippen LogP contribution >= 0.6 is 27.3 Å². The maximum atomic E-state index is 13.3. The molecule has 0 amide bonds. The lowest BCUT2D eigenvalue weighted by Crippen LogP contribution is -2.10. The van der Waals surface area contributed by atoms with Crippen LogP contribution in [0.3, 0.4) is 0 Å². The second-order valence-electron chi connectivity index (χ2n) is 7.49. The number of benzene rings is 1. The Balaban J connectivity index is 1.65. The van der Waals surface area contributed by atoms with E-state index in [4.69, 9.17) is 10.1 Å². The van der Waals surface area contributed by atoms with E-state index in [0.29, 0.717) is 21.6 Å². The molecule has 1 saturated carbocycles. The van der Waals surface area contributed by atoms with E-state index >= 15 is 0 Å². The van der Waals surface area contributed by atoms with Gasteiger partial charge in [0.2, 0.25) is 0 Å². The van der Waals surface area contributed by atoms with Gasteiger partial charge in [0.15, 0.2) is 5.13 Å². The topological polar surface area (TPSA) is 57.2 Å². The third-order valence-electron chi connectivity index (χ3n) is 5.33. The van der Waals surface area contributed by atoms with Crippen LogP contribution in [0.1, 0.15) is 34.9 Å². The maximum Gasteiger partial charge on any atom is 0.191 e. The number of aryl methyl sites for hydroxylation is 1. The first-order valence-electron chi connectivity index (χ1n) is 9.55. The zero-order valence-corrected chi connectivity index (χ0v) is 18.8. The normalized spacial score (nSPS) is 13.6. The minimum Gasteiger partial charge on any atom is -0.317 e. The molecule has 0 aliphatic heterocycles. The van der Waals surface area contributed by atoms with Crippen LogP contribution in [0.15, 0.2) is 41.0 Å². The number of anilines is 2. The van der Waals surface area contributed by atoms with Crippen LogP contribution in [0, 0.1) is 24.1 Å². The van der Waals surface area contributed by atoms with Gasteiger partial charge in [-0.3, -0.25) is 0 Å². The minimum absolute atomic E-state index is 0.314. The average molecular weight is 482 g/mol. The Bertz CT molecular complexity index is 1310. The van der Waals surface area contributed by atoms with Crippen molar-refractivity contribution in [1.82, 2.24) is 14.6 Å². The number of fused-ring (bicyclic) bond motifs is 1. The van der Waals surface area contributed by atoms with E-state index in [1.807, 2.05) is 29.6 Å². The number of nitrogens with zero attached hydrogens (tertiary/aromatic N) is 5. The zero-order valence-electron chi connectivity index (χ0n) is 16.4. The summed E-state index contributed by atoms with van der Waals surface area (Å²) in [6.07, 6.45) is 4.29. The lowest BCUT2D eigenvalue weighted by Gasteiger charge is -2.16. The molecule has 0 bridgehead atoms. The lowest BCUT2D eigenvalue weighted by atomic mass is 10.1. The SMILES string of the molecule is Cc1cn2nc(C3CC3)c(N(C)c3nc(-c4ccc(F)cc4)c(C#N)s3)c2cc1Br. The number of nitriles is 1. The Morgan fingerprint density at radius 1 is 1.30 bits per heavy atom. The van der Waals surface area contributed by atoms with Crippen molar-refractivity contribution in [3.05, 3.63) is 63.0 Å². The standard InChI is InChI=1S/C22H17BrFN5S/c1-12-11-29-17(9-16(12)23)21(20(27-29)14-3-4-14)28(2)22-26-19(18(10-25)30-22)13-5-7-15(24)8-6-13/h5-9,11,14H,3-4H2,1-2H3. The fourth-order valence-corrected chi connectivity index (χ4v) is 4.74. The predicted octanol–water partition coefficient (Wildman–Crippen LogP) is 6.18. The van der Waals surface area contributed by atoms with Crippen molar-refractivity contribution < 1.29 is 4.39 Å². The van der Waals surface area contributed by atoms with Crippen LogP contribution in [0.5, 0.6) is 0 Å². The summed E-state index contributed by atoms with van der Waals surface area (Å²) in [5, 5.41) is 15.2. The van der Waals surface area contributed by atoms with Crippen molar-refractivity contribution in [3.63, 3.8) is 0 Å². The highest BCUT2D eigenvalue weighted by Crippen LogP contribution is 2.47. The number of halogens is 2. The fraction of sp³-hybridized carbons (Fsp3) is 0.227. The molecule has 0 unspecified atom stereocenters. The number of thiazole rings is 1. The van der Waals surface area contributed by atoms with Gasteiger partial charge in [0.05, 0.1) is 16.9 Å². The number of hydrogen-bond acceptors (Lipinski definition) is 5. The molecule has 30 heavy (non-hydrogen) atoms. The summed E-state index contributed by atoms with van der Waals surface area (Å²) in [7, 11) is 1.96. The van der Waals surface area contributed by atoms with Gasteiger partial charge < -0.3 is 4.90 Å². The van der Waals surface area contributed by atoms with Crippen molar-refractivity contribution in [1.29, 1.82) is 5.26 Å². The summed E-state index contributed by atoms with van der Waals surface area (Å²) in [6.45, 7) is 2.04. The van der Waals surface area contributed by atoms with Crippen LogP contribution in [0.2, 0.25) is 0 Å². The second kappa shape index (κ2) is 7.18. The quantitative estimate of drug-likeness (QED) is 0.348. The van der Waals surface area contributed by atoms with Crippen LogP contribution in [-0.2, 0) is 0 Å². The van der Waals surface area contributed by atoms with Crippen LogP contribution in [0.4, 0.5) is 15.2 Å². The van der Waals surface area contributed by atoms with Crippen LogP contribution in [0.25, 0.3) is 16.8 Å². The molecular weight excluding hydrogens is 465 g/mol. The van der Waals surface area contributed by atoms with Gasteiger partial charge >= 0.3 is 0 Å². The monoisotopic (exact) mass is 481 g/mol. The van der Waals surface area contributed by atoms with Crippen LogP contribution < -0.4 is 4.90 Å². The first-order chi connectivity index (χ1) is 14.5. The molecule has 0 saturated heterocycles. The van der Waals surface area contributed by atoms with Gasteiger partial charge in [-0.05, 0) is 55.7 Å². The van der Waals surface area contributed by atoms with Crippen molar-refractivity contribution in [3.8, 4) is 17.3 Å². The summed E-state index contributed by atoms with van der Waals surface area (Å²) in [6, 6.07) is 10.4. The van der Waals surface area contributed by atoms with Gasteiger partial charge in [-0.25, -0.2) is 13.9 Å². The third kappa shape index (κ3) is 3.18. The molecule has 8 heteroatoms. The molecule has 1 aliphatic rings. The van der Waals surface area contributed by atoms with Crippen molar-refractivity contribution in [2.75, 3.05) is 11.9 Å². The molecule has 0 N–H and O–H groups in total. The molecule has 5 rings (SSSR count). The molecule has 3 aromatic heterocycles. The summed E-state index contributed by atoms with van der Waals surface area (Å²) in [4.78, 5) is 7.28. The van der Waals surface area contributed by atoms with Gasteiger partial charge in [-0.1, -0.05) is 27.3 Å². The van der Waals surface area contributed by atoms with Gasteiger partial charge in [-0.15, -0.1) is 0 Å². The predicted molar refractivity (Wildman–Crippen MR) is 120 cm³/mol. The molecular formula is C22H17BrFN5S. The zero-order chi connectivity index (χ0) is 21.0. The Labute approximate surface area is 185 Å². The third-order valence-corrected chi connectivity index (χ3v) is 7.22. The van der Waals surface area contributed by atoms with Crippen molar-refractivity contribution >= 4 is 43.6 Å². The number of rotatable bonds is 4. The van der Waals surface area contributed by atoms with Gasteiger partial charge in [0.1, 0.15) is 22.5 Å². The number of hydrogen-bond donors (Lipinski definition) is 0. The first kappa shape index (κ1) is 19.2. The number of aromatic nitrogens is 3. The molecule has 3 heterocycles. The highest BCUT2D eigenvalue weighted by molar-refractivity contribution is 9.10. The Kier molecular flexibility index (Phi) is 4.60. The first-order valence-corrected chi connectivity index (χ1v) is 11.2. The maximum absolute atomic E-state index is 13.3. The van der Waals surface area contributed by atoms with E-state index in [2.05, 4.69) is 28.1 Å². The van der Waals surface area contributed by atoms with Crippen molar-refractivity contribution in [2.24, 2.45) is 0 Å². The van der Waals surface area contributed by atoms with E-state index in [1.165, 1.54) is 23.5 Å². The van der Waals surface area contributed by atoms with Crippen LogP contribution in [-0.4, -0.2) is 21.6 Å². The summed E-state index contributed by atoms with van der Waals surface area (Å²) < 4.78 is 16.3. The molecule has 0 radical (unpaired) electrons. The second-order valence-corrected chi connectivity index (χ2v) is 9.33. The van der Waals surface area contributed by atoms with E-state index in [9.17, 15) is 9.65 Å². The summed E-state index contributed by atoms with van der Waals surface area (Å²) in [5.41, 5.74) is 5.49. The molecule has 150 valence electrons. The Hall–Kier alpha value is -2.76. The summed E-state index contributed by atoms with van der Waals surface area (Å²) in [5.74, 6) is 0.138. The van der Waals surface area contributed by atoms with E-state index in [1.54, 1.807) is 12.1 Å². The van der Waals surface area contributed by atoms with Gasteiger partial charge in [0, 0.05) is 29.2 Å². The van der Waals surface area contributed by atoms with Crippen molar-refractivity contribution in [2.45, 2.75) is 25.7 Å². The average Bonchev–Trinajstić information content (AvgIpc) is 3.39. The lowest BCUT2D eigenvalue weighted by molar-refractivity contribution is 0.628.